The van der Waals surface area contributed by atoms with Gasteiger partial charge in [0.2, 0.25) is 0 Å². The minimum Gasteiger partial charge on any atom is -0.300 e. The van der Waals surface area contributed by atoms with E-state index in [0.717, 1.165) is 62.5 Å². The molecular formula is C38H56O3. The van der Waals surface area contributed by atoms with Crippen molar-refractivity contribution < 1.29 is 14.4 Å². The summed E-state index contributed by atoms with van der Waals surface area (Å²) < 4.78 is 0. The van der Waals surface area contributed by atoms with Crippen LogP contribution in [0, 0.1) is 24.7 Å². The lowest BCUT2D eigenvalue weighted by molar-refractivity contribution is -0.129. The molecule has 41 heavy (non-hydrogen) atoms. The smallest absolute Gasteiger partial charge is 0.163 e. The number of carbonyl (C=O) groups excluding carboxylic acids is 3. The lowest BCUT2D eigenvalue weighted by atomic mass is 9.70. The first kappa shape index (κ1) is 34.7. The summed E-state index contributed by atoms with van der Waals surface area (Å²) in [7, 11) is 0. The van der Waals surface area contributed by atoms with Crippen LogP contribution in [0.3, 0.4) is 0 Å². The Morgan fingerprint density at radius 1 is 0.854 bits per heavy atom. The molecule has 0 N–H and O–H groups in total. The molecule has 0 heterocycles. The molecule has 1 aliphatic rings. The van der Waals surface area contributed by atoms with E-state index in [1.54, 1.807) is 0 Å². The molecule has 0 spiro atoms. The Balaban J connectivity index is 0.00000187. The van der Waals surface area contributed by atoms with E-state index < -0.39 is 0 Å². The fraction of sp³-hybridized carbons (Fsp3) is 0.605. The SMILES string of the molecule is CCC.CCCC(CC1CC(=O)c2c(C)ccc(-c3ccc(CC)c(CC)c3CC)c2C1)C(CC)C(=O)CC(C)=O. The number of fused-ring (bicyclic) bond motifs is 1. The Hall–Kier alpha value is -2.55. The number of rotatable bonds is 13. The Labute approximate surface area is 250 Å². The second-order valence-electron chi connectivity index (χ2n) is 12.1. The van der Waals surface area contributed by atoms with Crippen LogP contribution in [0.4, 0.5) is 0 Å². The van der Waals surface area contributed by atoms with Crippen molar-refractivity contribution >= 4 is 17.3 Å². The predicted octanol–water partition coefficient (Wildman–Crippen LogP) is 9.89. The second-order valence-corrected chi connectivity index (χ2v) is 12.1. The zero-order valence-electron chi connectivity index (χ0n) is 27.5. The molecule has 0 bridgehead atoms. The van der Waals surface area contributed by atoms with Crippen molar-refractivity contribution in [2.75, 3.05) is 0 Å². The summed E-state index contributed by atoms with van der Waals surface area (Å²) in [6.07, 6.45) is 9.29. The summed E-state index contributed by atoms with van der Waals surface area (Å²) in [4.78, 5) is 38.3. The third-order valence-electron chi connectivity index (χ3n) is 8.81. The van der Waals surface area contributed by atoms with Gasteiger partial charge in [0.25, 0.3) is 0 Å². The molecule has 2 aromatic carbocycles. The van der Waals surface area contributed by atoms with Crippen LogP contribution in [0.25, 0.3) is 11.1 Å². The van der Waals surface area contributed by atoms with E-state index in [4.69, 9.17) is 0 Å². The van der Waals surface area contributed by atoms with Crippen LogP contribution in [-0.4, -0.2) is 17.3 Å². The molecule has 0 saturated carbocycles. The van der Waals surface area contributed by atoms with Gasteiger partial charge < -0.3 is 0 Å². The van der Waals surface area contributed by atoms with Crippen molar-refractivity contribution in [1.29, 1.82) is 0 Å². The van der Waals surface area contributed by atoms with Gasteiger partial charge in [0, 0.05) is 17.9 Å². The van der Waals surface area contributed by atoms with E-state index in [0.29, 0.717) is 6.42 Å². The Bertz CT molecular complexity index is 1190. The largest absolute Gasteiger partial charge is 0.300 e. The first-order chi connectivity index (χ1) is 19.6. The standard InChI is InChI=1S/C35H48O3.C3H8/c1-8-13-26(28(11-4)33(37)18-23(7)36)19-24-20-32-31(16-14-22(6)35(32)34(38)21-24)30-17-15-25(9-2)27(10-3)29(30)12-5;1-3-2/h14-17,24,26,28H,8-13,18-21H2,1-7H3;3H2,1-2H3. The van der Waals surface area contributed by atoms with E-state index in [1.165, 1.54) is 46.7 Å². The highest BCUT2D eigenvalue weighted by Gasteiger charge is 2.34. The maximum absolute atomic E-state index is 13.6. The van der Waals surface area contributed by atoms with Crippen molar-refractivity contribution in [2.45, 2.75) is 133 Å². The van der Waals surface area contributed by atoms with Gasteiger partial charge >= 0.3 is 0 Å². The quantitative estimate of drug-likeness (QED) is 0.229. The van der Waals surface area contributed by atoms with Crippen molar-refractivity contribution in [3.63, 3.8) is 0 Å². The molecule has 226 valence electrons. The van der Waals surface area contributed by atoms with Gasteiger partial charge in [0.05, 0.1) is 6.42 Å². The molecule has 2 aromatic rings. The van der Waals surface area contributed by atoms with Gasteiger partial charge in [-0.15, -0.1) is 0 Å². The Morgan fingerprint density at radius 2 is 1.49 bits per heavy atom. The van der Waals surface area contributed by atoms with Crippen LogP contribution < -0.4 is 0 Å². The molecule has 0 fully saturated rings. The van der Waals surface area contributed by atoms with E-state index in [2.05, 4.69) is 79.7 Å². The summed E-state index contributed by atoms with van der Waals surface area (Å²) in [5.74, 6) is 0.592. The first-order valence-electron chi connectivity index (χ1n) is 16.4. The molecule has 1 aliphatic carbocycles. The maximum atomic E-state index is 13.6. The highest BCUT2D eigenvalue weighted by molar-refractivity contribution is 6.02. The topological polar surface area (TPSA) is 51.2 Å². The van der Waals surface area contributed by atoms with E-state index in [1.807, 2.05) is 0 Å². The molecule has 3 rings (SSSR count). The third-order valence-corrected chi connectivity index (χ3v) is 8.81. The van der Waals surface area contributed by atoms with Crippen LogP contribution in [0.5, 0.6) is 0 Å². The lowest BCUT2D eigenvalue weighted by Crippen LogP contribution is -2.30. The maximum Gasteiger partial charge on any atom is 0.163 e. The monoisotopic (exact) mass is 560 g/mol. The molecule has 0 amide bonds. The lowest BCUT2D eigenvalue weighted by Gasteiger charge is -2.33. The zero-order chi connectivity index (χ0) is 30.7. The summed E-state index contributed by atoms with van der Waals surface area (Å²) in [6, 6.07) is 8.92. The minimum absolute atomic E-state index is 0.0296. The van der Waals surface area contributed by atoms with Crippen LogP contribution >= 0.6 is 0 Å². The average molecular weight is 561 g/mol. The first-order valence-corrected chi connectivity index (χ1v) is 16.4. The fourth-order valence-electron chi connectivity index (χ4n) is 7.16. The molecule has 0 aromatic heterocycles. The van der Waals surface area contributed by atoms with Crippen molar-refractivity contribution in [1.82, 2.24) is 0 Å². The number of Topliss-reactive ketones (excluding diaryl/α,β-unsaturated/α-hetero) is 3. The van der Waals surface area contributed by atoms with Gasteiger partial charge in [0.15, 0.2) is 5.78 Å². The molecule has 0 aliphatic heterocycles. The minimum atomic E-state index is -0.104. The number of ketones is 3. The summed E-state index contributed by atoms with van der Waals surface area (Å²) in [5.41, 5.74) is 9.97. The molecule has 0 radical (unpaired) electrons. The van der Waals surface area contributed by atoms with Crippen molar-refractivity contribution in [3.8, 4) is 11.1 Å². The van der Waals surface area contributed by atoms with E-state index in [9.17, 15) is 14.4 Å². The Morgan fingerprint density at radius 3 is 2.02 bits per heavy atom. The van der Waals surface area contributed by atoms with Crippen LogP contribution in [0.15, 0.2) is 24.3 Å². The zero-order valence-corrected chi connectivity index (χ0v) is 27.5. The van der Waals surface area contributed by atoms with Gasteiger partial charge in [-0.1, -0.05) is 92.0 Å². The average Bonchev–Trinajstić information content (AvgIpc) is 2.92. The number of hydrogen-bond donors (Lipinski definition) is 0. The van der Waals surface area contributed by atoms with Crippen LogP contribution in [0.2, 0.25) is 0 Å². The van der Waals surface area contributed by atoms with Gasteiger partial charge in [0.1, 0.15) is 11.6 Å². The van der Waals surface area contributed by atoms with Crippen molar-refractivity contribution in [2.24, 2.45) is 17.8 Å². The summed E-state index contributed by atoms with van der Waals surface area (Å²) in [5, 5.41) is 0. The molecule has 3 atom stereocenters. The Kier molecular flexibility index (Phi) is 14.2. The normalized spacial score (nSPS) is 15.9. The van der Waals surface area contributed by atoms with Crippen LogP contribution in [-0.2, 0) is 35.3 Å². The highest BCUT2D eigenvalue weighted by atomic mass is 16.1. The molecule has 3 unspecified atom stereocenters. The van der Waals surface area contributed by atoms with Gasteiger partial charge in [-0.25, -0.2) is 0 Å². The van der Waals surface area contributed by atoms with Crippen LogP contribution in [0.1, 0.15) is 139 Å². The fourth-order valence-corrected chi connectivity index (χ4v) is 7.16. The second kappa shape index (κ2) is 16.8. The van der Waals surface area contributed by atoms with E-state index in [-0.39, 0.29) is 41.5 Å². The molecule has 3 nitrogen and oxygen atoms in total. The molecule has 3 heteroatoms. The summed E-state index contributed by atoms with van der Waals surface area (Å²) >= 11 is 0. The number of hydrogen-bond acceptors (Lipinski definition) is 3. The predicted molar refractivity (Wildman–Crippen MR) is 174 cm³/mol. The van der Waals surface area contributed by atoms with Gasteiger partial charge in [-0.05, 0) is 103 Å². The number of aryl methyl sites for hydroxylation is 2. The summed E-state index contributed by atoms with van der Waals surface area (Å²) in [6.45, 7) is 18.7. The van der Waals surface area contributed by atoms with Gasteiger partial charge in [-0.2, -0.15) is 0 Å². The number of carbonyl (C=O) groups is 3. The third kappa shape index (κ3) is 8.49. The number of benzene rings is 2. The highest BCUT2D eigenvalue weighted by Crippen LogP contribution is 2.41. The van der Waals surface area contributed by atoms with E-state index >= 15 is 0 Å². The van der Waals surface area contributed by atoms with Crippen molar-refractivity contribution in [3.05, 3.63) is 57.6 Å². The molecular weight excluding hydrogens is 504 g/mol. The van der Waals surface area contributed by atoms with Gasteiger partial charge in [-0.3, -0.25) is 14.4 Å². The molecule has 0 saturated heterocycles.